The number of hydrogen-bond donors (Lipinski definition) is 0. The summed E-state index contributed by atoms with van der Waals surface area (Å²) in [7, 11) is 0. The van der Waals surface area contributed by atoms with Crippen molar-refractivity contribution in [1.82, 2.24) is 0 Å². The molecule has 0 saturated heterocycles. The third-order valence-electron chi connectivity index (χ3n) is 2.66. The number of ether oxygens (including phenoxy) is 1. The van der Waals surface area contributed by atoms with E-state index in [4.69, 9.17) is 20.8 Å². The molecule has 3 aromatic rings. The third-order valence-corrected chi connectivity index (χ3v) is 2.89. The Labute approximate surface area is 110 Å². The molecule has 0 atom stereocenters. The van der Waals surface area contributed by atoms with E-state index in [9.17, 15) is 0 Å². The van der Waals surface area contributed by atoms with Crippen molar-refractivity contribution in [1.29, 1.82) is 0 Å². The van der Waals surface area contributed by atoms with Gasteiger partial charge in [0.25, 0.3) is 0 Å². The van der Waals surface area contributed by atoms with E-state index in [0.29, 0.717) is 11.6 Å². The summed E-state index contributed by atoms with van der Waals surface area (Å²) in [6.07, 6.45) is 0. The Morgan fingerprint density at radius 3 is 2.67 bits per heavy atom. The molecule has 0 unspecified atom stereocenters. The fraction of sp³-hybridized carbons (Fsp3) is 0.0667. The lowest BCUT2D eigenvalue weighted by Crippen LogP contribution is -1.92. The van der Waals surface area contributed by atoms with E-state index in [2.05, 4.69) is 0 Å². The summed E-state index contributed by atoms with van der Waals surface area (Å²) in [5.41, 5.74) is 0.786. The van der Waals surface area contributed by atoms with Crippen molar-refractivity contribution in [2.45, 2.75) is 6.61 Å². The molecule has 0 aliphatic carbocycles. The normalized spacial score (nSPS) is 10.7. The fourth-order valence-electron chi connectivity index (χ4n) is 1.80. The molecule has 0 saturated carbocycles. The van der Waals surface area contributed by atoms with E-state index in [0.717, 1.165) is 22.5 Å². The van der Waals surface area contributed by atoms with Gasteiger partial charge in [0.05, 0.1) is 0 Å². The minimum absolute atomic E-state index is 0.413. The van der Waals surface area contributed by atoms with Crippen molar-refractivity contribution in [2.24, 2.45) is 0 Å². The molecule has 18 heavy (non-hydrogen) atoms. The van der Waals surface area contributed by atoms with E-state index in [1.807, 2.05) is 54.6 Å². The molecule has 0 aliphatic rings. The predicted molar refractivity (Wildman–Crippen MR) is 72.0 cm³/mol. The van der Waals surface area contributed by atoms with Gasteiger partial charge in [0, 0.05) is 16.5 Å². The lowest BCUT2D eigenvalue weighted by molar-refractivity contribution is 0.274. The van der Waals surface area contributed by atoms with Gasteiger partial charge in [0.2, 0.25) is 0 Å². The van der Waals surface area contributed by atoms with Gasteiger partial charge < -0.3 is 9.15 Å². The van der Waals surface area contributed by atoms with Crippen LogP contribution in [0.5, 0.6) is 5.75 Å². The molecule has 0 amide bonds. The molecule has 0 bridgehead atoms. The number of para-hydroxylation sites is 1. The molecule has 3 rings (SSSR count). The smallest absolute Gasteiger partial charge is 0.146 e. The quantitative estimate of drug-likeness (QED) is 0.681. The Balaban J connectivity index is 1.79. The van der Waals surface area contributed by atoms with Gasteiger partial charge >= 0.3 is 0 Å². The van der Waals surface area contributed by atoms with Crippen molar-refractivity contribution in [2.75, 3.05) is 0 Å². The van der Waals surface area contributed by atoms with Crippen LogP contribution in [0.25, 0.3) is 11.0 Å². The number of benzene rings is 2. The summed E-state index contributed by atoms with van der Waals surface area (Å²) in [6.45, 7) is 0.413. The minimum atomic E-state index is 0.413. The zero-order chi connectivity index (χ0) is 12.4. The zero-order valence-corrected chi connectivity index (χ0v) is 10.4. The highest BCUT2D eigenvalue weighted by atomic mass is 35.5. The topological polar surface area (TPSA) is 22.4 Å². The van der Waals surface area contributed by atoms with Gasteiger partial charge in [-0.15, -0.1) is 0 Å². The minimum Gasteiger partial charge on any atom is -0.486 e. The monoisotopic (exact) mass is 258 g/mol. The first-order valence-corrected chi connectivity index (χ1v) is 6.05. The van der Waals surface area contributed by atoms with Crippen LogP contribution in [-0.4, -0.2) is 0 Å². The summed E-state index contributed by atoms with van der Waals surface area (Å²) in [6, 6.07) is 17.2. The molecule has 0 fully saturated rings. The van der Waals surface area contributed by atoms with Crippen LogP contribution < -0.4 is 4.74 Å². The Hall–Kier alpha value is -1.93. The van der Waals surface area contributed by atoms with Crippen LogP contribution in [0.15, 0.2) is 59.0 Å². The maximum atomic E-state index is 5.91. The Kier molecular flexibility index (Phi) is 2.95. The van der Waals surface area contributed by atoms with Crippen LogP contribution in [0.3, 0.4) is 0 Å². The van der Waals surface area contributed by atoms with Crippen molar-refractivity contribution in [3.8, 4) is 5.75 Å². The molecule has 2 aromatic carbocycles. The summed E-state index contributed by atoms with van der Waals surface area (Å²) >= 11 is 5.91. The first-order valence-electron chi connectivity index (χ1n) is 5.67. The molecule has 0 aliphatic heterocycles. The van der Waals surface area contributed by atoms with Crippen molar-refractivity contribution in [3.63, 3.8) is 0 Å². The van der Waals surface area contributed by atoms with Crippen molar-refractivity contribution >= 4 is 22.6 Å². The number of fused-ring (bicyclic) bond motifs is 1. The van der Waals surface area contributed by atoms with Crippen molar-refractivity contribution in [3.05, 3.63) is 65.4 Å². The standard InChI is InChI=1S/C15H11ClO2/c16-12-7-6-11-8-14(18-15(11)9-12)10-17-13-4-2-1-3-5-13/h1-9H,10H2. The Bertz CT molecular complexity index is 659. The van der Waals surface area contributed by atoms with Gasteiger partial charge in [-0.3, -0.25) is 0 Å². The number of hydrogen-bond acceptors (Lipinski definition) is 2. The number of furan rings is 1. The average molecular weight is 259 g/mol. The van der Waals surface area contributed by atoms with E-state index in [1.54, 1.807) is 0 Å². The number of halogens is 1. The van der Waals surface area contributed by atoms with E-state index in [-0.39, 0.29) is 0 Å². The summed E-state index contributed by atoms with van der Waals surface area (Å²) in [5.74, 6) is 1.62. The van der Waals surface area contributed by atoms with Crippen molar-refractivity contribution < 1.29 is 9.15 Å². The van der Waals surface area contributed by atoms with Crippen LogP contribution in [0, 0.1) is 0 Å². The SMILES string of the molecule is Clc1ccc2cc(COc3ccccc3)oc2c1. The lowest BCUT2D eigenvalue weighted by atomic mass is 10.2. The maximum absolute atomic E-state index is 5.91. The highest BCUT2D eigenvalue weighted by Crippen LogP contribution is 2.23. The number of rotatable bonds is 3. The maximum Gasteiger partial charge on any atom is 0.146 e. The van der Waals surface area contributed by atoms with Crippen LogP contribution in [0.1, 0.15) is 5.76 Å². The van der Waals surface area contributed by atoms with Crippen LogP contribution >= 0.6 is 11.6 Å². The lowest BCUT2D eigenvalue weighted by Gasteiger charge is -2.02. The molecule has 0 radical (unpaired) electrons. The molecule has 3 heteroatoms. The van der Waals surface area contributed by atoms with Gasteiger partial charge in [-0.25, -0.2) is 0 Å². The second kappa shape index (κ2) is 4.75. The molecule has 2 nitrogen and oxygen atoms in total. The van der Waals surface area contributed by atoms with Gasteiger partial charge in [-0.2, -0.15) is 0 Å². The second-order valence-corrected chi connectivity index (χ2v) is 4.43. The van der Waals surface area contributed by atoms with Gasteiger partial charge in [-0.1, -0.05) is 29.8 Å². The van der Waals surface area contributed by atoms with E-state index < -0.39 is 0 Å². The van der Waals surface area contributed by atoms with Gasteiger partial charge in [-0.05, 0) is 30.3 Å². The first-order chi connectivity index (χ1) is 8.81. The first kappa shape index (κ1) is 11.2. The molecule has 1 aromatic heterocycles. The van der Waals surface area contributed by atoms with Crippen LogP contribution in [0.2, 0.25) is 5.02 Å². The summed E-state index contributed by atoms with van der Waals surface area (Å²) in [5, 5.41) is 1.71. The fourth-order valence-corrected chi connectivity index (χ4v) is 1.96. The van der Waals surface area contributed by atoms with Crippen LogP contribution in [-0.2, 0) is 6.61 Å². The van der Waals surface area contributed by atoms with E-state index in [1.165, 1.54) is 0 Å². The molecule has 1 heterocycles. The molecule has 90 valence electrons. The highest BCUT2D eigenvalue weighted by Gasteiger charge is 2.04. The largest absolute Gasteiger partial charge is 0.486 e. The zero-order valence-electron chi connectivity index (χ0n) is 9.60. The summed E-state index contributed by atoms with van der Waals surface area (Å²) in [4.78, 5) is 0. The third kappa shape index (κ3) is 2.34. The van der Waals surface area contributed by atoms with Gasteiger partial charge in [0.1, 0.15) is 23.7 Å². The van der Waals surface area contributed by atoms with Gasteiger partial charge in [0.15, 0.2) is 0 Å². The molecular formula is C15H11ClO2. The van der Waals surface area contributed by atoms with Crippen LogP contribution in [0.4, 0.5) is 0 Å². The highest BCUT2D eigenvalue weighted by molar-refractivity contribution is 6.31. The summed E-state index contributed by atoms with van der Waals surface area (Å²) < 4.78 is 11.3. The molecular weight excluding hydrogens is 248 g/mol. The molecule has 0 spiro atoms. The predicted octanol–water partition coefficient (Wildman–Crippen LogP) is 4.67. The molecule has 0 N–H and O–H groups in total. The Morgan fingerprint density at radius 1 is 1.00 bits per heavy atom. The second-order valence-electron chi connectivity index (χ2n) is 4.00. The average Bonchev–Trinajstić information content (AvgIpc) is 2.79. The Morgan fingerprint density at radius 2 is 1.83 bits per heavy atom. The van der Waals surface area contributed by atoms with E-state index >= 15 is 0 Å².